The van der Waals surface area contributed by atoms with Crippen molar-refractivity contribution in [3.63, 3.8) is 0 Å². The second-order valence-electron chi connectivity index (χ2n) is 6.50. The van der Waals surface area contributed by atoms with Gasteiger partial charge in [-0.25, -0.2) is 4.85 Å². The number of rotatable bonds is 4. The molecule has 5 nitrogen and oxygen atoms in total. The minimum Gasteiger partial charge on any atom is -0.321 e. The topological polar surface area (TPSA) is 67.2 Å². The number of nitrogens with one attached hydrogen (secondary N) is 1. The molecule has 1 N–H and O–H groups in total. The van der Waals surface area contributed by atoms with E-state index in [0.717, 1.165) is 0 Å². The molecule has 0 aliphatic heterocycles. The third kappa shape index (κ3) is 3.77. The summed E-state index contributed by atoms with van der Waals surface area (Å²) in [6.07, 6.45) is 4.52. The van der Waals surface area contributed by atoms with Gasteiger partial charge >= 0.3 is 0 Å². The Balaban J connectivity index is 1.95. The smallest absolute Gasteiger partial charge is 0.260 e. The highest BCUT2D eigenvalue weighted by Gasteiger charge is 2.19. The fourth-order valence-corrected chi connectivity index (χ4v) is 3.39. The number of benzene rings is 2. The Morgan fingerprint density at radius 3 is 2.60 bits per heavy atom. The number of allylic oxidation sites excluding steroid dienone is 1. The standard InChI is InChI=1S/C24H14ClN3O2/c1-26-17-8-5-15(6-9-17)22-19-14-16(25)7-11-20(19)28-24(30)23(22)21(29)12-10-18-4-2-3-13-27-18/h2-14H,(H,28,30)/b12-10+. The Morgan fingerprint density at radius 2 is 1.90 bits per heavy atom. The SMILES string of the molecule is [C-]#[N+]c1ccc(-c2c(C(=O)/C=C/c3ccccn3)c(=O)[nH]c3ccc(Cl)cc23)cc1. The van der Waals surface area contributed by atoms with Gasteiger partial charge in [-0.05, 0) is 48.0 Å². The van der Waals surface area contributed by atoms with Crippen molar-refractivity contribution < 1.29 is 4.79 Å². The molecular formula is C24H14ClN3O2. The predicted octanol–water partition coefficient (Wildman–Crippen LogP) is 5.69. The Hall–Kier alpha value is -4.01. The van der Waals surface area contributed by atoms with Gasteiger partial charge in [0.2, 0.25) is 0 Å². The maximum atomic E-state index is 13.1. The zero-order chi connectivity index (χ0) is 21.1. The van der Waals surface area contributed by atoms with Gasteiger partial charge in [-0.1, -0.05) is 41.9 Å². The third-order valence-corrected chi connectivity index (χ3v) is 4.84. The van der Waals surface area contributed by atoms with Crippen molar-refractivity contribution in [3.05, 3.63) is 111 Å². The van der Waals surface area contributed by atoms with E-state index in [1.807, 2.05) is 6.07 Å². The van der Waals surface area contributed by atoms with Crippen LogP contribution in [0.5, 0.6) is 0 Å². The van der Waals surface area contributed by atoms with Gasteiger partial charge in [0.05, 0.1) is 17.8 Å². The first-order chi connectivity index (χ1) is 14.6. The van der Waals surface area contributed by atoms with Crippen LogP contribution in [-0.2, 0) is 0 Å². The molecule has 144 valence electrons. The molecule has 0 aliphatic carbocycles. The average Bonchev–Trinajstić information content (AvgIpc) is 2.77. The van der Waals surface area contributed by atoms with Crippen LogP contribution < -0.4 is 5.56 Å². The third-order valence-electron chi connectivity index (χ3n) is 4.60. The molecule has 4 rings (SSSR count). The fraction of sp³-hybridized carbons (Fsp3) is 0. The minimum absolute atomic E-state index is 0.00695. The van der Waals surface area contributed by atoms with Crippen LogP contribution in [0.2, 0.25) is 5.02 Å². The predicted molar refractivity (Wildman–Crippen MR) is 119 cm³/mol. The molecule has 0 unspecified atom stereocenters. The van der Waals surface area contributed by atoms with Crippen LogP contribution in [0, 0.1) is 6.57 Å². The second kappa shape index (κ2) is 8.16. The van der Waals surface area contributed by atoms with Crippen LogP contribution in [0.15, 0.2) is 77.7 Å². The van der Waals surface area contributed by atoms with Crippen LogP contribution in [0.1, 0.15) is 16.1 Å². The van der Waals surface area contributed by atoms with E-state index in [2.05, 4.69) is 14.8 Å². The number of pyridine rings is 2. The molecule has 0 fully saturated rings. The van der Waals surface area contributed by atoms with E-state index in [4.69, 9.17) is 18.2 Å². The maximum Gasteiger partial charge on any atom is 0.260 e. The molecule has 2 aromatic heterocycles. The first kappa shape index (κ1) is 19.3. The summed E-state index contributed by atoms with van der Waals surface area (Å²) in [6.45, 7) is 7.14. The van der Waals surface area contributed by atoms with Gasteiger partial charge in [0, 0.05) is 27.7 Å². The zero-order valence-corrected chi connectivity index (χ0v) is 16.4. The number of H-pyrrole nitrogens is 1. The quantitative estimate of drug-likeness (QED) is 0.266. The molecule has 0 spiro atoms. The van der Waals surface area contributed by atoms with Crippen molar-refractivity contribution in [1.29, 1.82) is 0 Å². The largest absolute Gasteiger partial charge is 0.321 e. The number of carbonyl (C=O) groups excluding carboxylic acids is 1. The van der Waals surface area contributed by atoms with Gasteiger partial charge in [0.15, 0.2) is 11.5 Å². The molecule has 0 amide bonds. The molecule has 2 heterocycles. The number of nitrogens with zero attached hydrogens (tertiary/aromatic N) is 2. The lowest BCUT2D eigenvalue weighted by Crippen LogP contribution is -2.18. The molecule has 0 bridgehead atoms. The molecular weight excluding hydrogens is 398 g/mol. The lowest BCUT2D eigenvalue weighted by molar-refractivity contribution is 0.104. The highest BCUT2D eigenvalue weighted by Crippen LogP contribution is 2.32. The molecule has 2 aromatic carbocycles. The Bertz CT molecular complexity index is 1380. The van der Waals surface area contributed by atoms with Crippen LogP contribution in [0.25, 0.3) is 33.0 Å². The Morgan fingerprint density at radius 1 is 1.10 bits per heavy atom. The van der Waals surface area contributed by atoms with E-state index in [1.54, 1.807) is 66.9 Å². The zero-order valence-electron chi connectivity index (χ0n) is 15.6. The summed E-state index contributed by atoms with van der Waals surface area (Å²) in [7, 11) is 0. The number of aromatic amines is 1. The lowest BCUT2D eigenvalue weighted by atomic mass is 9.93. The normalized spacial score (nSPS) is 10.9. The molecule has 0 aliphatic rings. The number of carbonyl (C=O) groups is 1. The highest BCUT2D eigenvalue weighted by atomic mass is 35.5. The number of ketones is 1. The van der Waals surface area contributed by atoms with Crippen LogP contribution in [0.3, 0.4) is 0 Å². The second-order valence-corrected chi connectivity index (χ2v) is 6.94. The highest BCUT2D eigenvalue weighted by molar-refractivity contribution is 6.31. The van der Waals surface area contributed by atoms with E-state index in [0.29, 0.717) is 38.4 Å². The van der Waals surface area contributed by atoms with Crippen molar-refractivity contribution in [2.24, 2.45) is 0 Å². The van der Waals surface area contributed by atoms with Gasteiger partial charge in [0.25, 0.3) is 5.56 Å². The van der Waals surface area contributed by atoms with Crippen molar-refractivity contribution in [1.82, 2.24) is 9.97 Å². The van der Waals surface area contributed by atoms with Crippen molar-refractivity contribution in [2.75, 3.05) is 0 Å². The molecule has 30 heavy (non-hydrogen) atoms. The molecule has 6 heteroatoms. The van der Waals surface area contributed by atoms with Gasteiger partial charge < -0.3 is 4.98 Å². The van der Waals surface area contributed by atoms with Crippen molar-refractivity contribution in [3.8, 4) is 11.1 Å². The van der Waals surface area contributed by atoms with E-state index >= 15 is 0 Å². The van der Waals surface area contributed by atoms with E-state index in [9.17, 15) is 9.59 Å². The number of fused-ring (bicyclic) bond motifs is 1. The summed E-state index contributed by atoms with van der Waals surface area (Å²) >= 11 is 6.20. The molecule has 0 saturated heterocycles. The summed E-state index contributed by atoms with van der Waals surface area (Å²) in [5, 5.41) is 1.13. The van der Waals surface area contributed by atoms with Gasteiger partial charge in [0.1, 0.15) is 0 Å². The Kier molecular flexibility index (Phi) is 5.25. The molecule has 0 radical (unpaired) electrons. The number of hydrogen-bond acceptors (Lipinski definition) is 3. The summed E-state index contributed by atoms with van der Waals surface area (Å²) in [6, 6.07) is 17.2. The van der Waals surface area contributed by atoms with Crippen LogP contribution in [0.4, 0.5) is 5.69 Å². The van der Waals surface area contributed by atoms with Gasteiger partial charge in [-0.2, -0.15) is 0 Å². The average molecular weight is 412 g/mol. The van der Waals surface area contributed by atoms with E-state index in [-0.39, 0.29) is 5.56 Å². The molecule has 0 saturated carbocycles. The monoisotopic (exact) mass is 411 g/mol. The first-order valence-electron chi connectivity index (χ1n) is 9.04. The summed E-state index contributed by atoms with van der Waals surface area (Å²) in [4.78, 5) is 36.3. The van der Waals surface area contributed by atoms with Crippen LogP contribution >= 0.6 is 11.6 Å². The van der Waals surface area contributed by atoms with E-state index < -0.39 is 11.3 Å². The first-order valence-corrected chi connectivity index (χ1v) is 9.41. The molecule has 4 aromatic rings. The minimum atomic E-state index is -0.496. The van der Waals surface area contributed by atoms with Gasteiger partial charge in [-0.3, -0.25) is 14.6 Å². The van der Waals surface area contributed by atoms with Crippen molar-refractivity contribution in [2.45, 2.75) is 0 Å². The Labute approximate surface area is 177 Å². The summed E-state index contributed by atoms with van der Waals surface area (Å²) < 4.78 is 0. The summed E-state index contributed by atoms with van der Waals surface area (Å²) in [5.41, 5.74) is 2.28. The number of aromatic nitrogens is 2. The number of hydrogen-bond donors (Lipinski definition) is 1. The van der Waals surface area contributed by atoms with E-state index in [1.165, 1.54) is 6.08 Å². The maximum absolute atomic E-state index is 13.1. The summed E-state index contributed by atoms with van der Waals surface area (Å²) in [5.74, 6) is -0.451. The van der Waals surface area contributed by atoms with Gasteiger partial charge in [-0.15, -0.1) is 0 Å². The lowest BCUT2D eigenvalue weighted by Gasteiger charge is -2.12. The fourth-order valence-electron chi connectivity index (χ4n) is 3.22. The molecule has 0 atom stereocenters. The van der Waals surface area contributed by atoms with Crippen LogP contribution in [-0.4, -0.2) is 15.8 Å². The van der Waals surface area contributed by atoms with Crippen molar-refractivity contribution >= 4 is 40.1 Å². The number of halogens is 1.